The van der Waals surface area contributed by atoms with Crippen molar-refractivity contribution in [1.82, 2.24) is 4.90 Å². The topological polar surface area (TPSA) is 19.6 Å². The van der Waals surface area contributed by atoms with E-state index in [0.29, 0.717) is 11.4 Å². The molecule has 0 spiro atoms. The van der Waals surface area contributed by atoms with Gasteiger partial charge in [-0.2, -0.15) is 0 Å². The average Bonchev–Trinajstić information content (AvgIpc) is 3.01. The zero-order valence-corrected chi connectivity index (χ0v) is 11.7. The van der Waals surface area contributed by atoms with Crippen LogP contribution in [0.5, 0.6) is 0 Å². The summed E-state index contributed by atoms with van der Waals surface area (Å²) in [7, 11) is 0. The van der Waals surface area contributed by atoms with E-state index in [2.05, 4.69) is 16.7 Å². The Labute approximate surface area is 118 Å². The van der Waals surface area contributed by atoms with Crippen LogP contribution >= 0.6 is 0 Å². The lowest BCUT2D eigenvalue weighted by Crippen LogP contribution is -2.46. The minimum Gasteiger partial charge on any atom is -0.464 e. The lowest BCUT2D eigenvalue weighted by Gasteiger charge is -2.35. The second-order valence-electron chi connectivity index (χ2n) is 5.06. The van der Waals surface area contributed by atoms with Crippen LogP contribution in [0.1, 0.15) is 6.92 Å². The molecule has 1 aromatic heterocycles. The third kappa shape index (κ3) is 2.56. The molecule has 0 unspecified atom stereocenters. The van der Waals surface area contributed by atoms with Crippen molar-refractivity contribution >= 4 is 5.69 Å². The summed E-state index contributed by atoms with van der Waals surface area (Å²) in [5.41, 5.74) is 1.47. The molecule has 1 aliphatic rings. The quantitative estimate of drug-likeness (QED) is 0.856. The molecule has 3 rings (SSSR count). The standard InChI is InChI=1S/C16H19FN2O/c1-2-18-7-9-19(10-8-18)15-6-5-13(12-14(15)17)16-4-3-11-20-16/h3-6,11-12H,2,7-10H2,1H3. The molecule has 4 heteroatoms. The van der Waals surface area contributed by atoms with Crippen molar-refractivity contribution in [3.8, 4) is 11.3 Å². The molecule has 0 amide bonds. The Morgan fingerprint density at radius 2 is 1.95 bits per heavy atom. The van der Waals surface area contributed by atoms with Gasteiger partial charge in [-0.3, -0.25) is 0 Å². The molecule has 106 valence electrons. The highest BCUT2D eigenvalue weighted by Gasteiger charge is 2.18. The molecule has 0 N–H and O–H groups in total. The fourth-order valence-electron chi connectivity index (χ4n) is 2.66. The molecular formula is C16H19FN2O. The smallest absolute Gasteiger partial charge is 0.147 e. The SMILES string of the molecule is CCN1CCN(c2ccc(-c3ccco3)cc2F)CC1. The summed E-state index contributed by atoms with van der Waals surface area (Å²) in [6.45, 7) is 6.98. The van der Waals surface area contributed by atoms with Gasteiger partial charge in [0.05, 0.1) is 12.0 Å². The fraction of sp³-hybridized carbons (Fsp3) is 0.375. The van der Waals surface area contributed by atoms with Gasteiger partial charge in [-0.05, 0) is 36.9 Å². The van der Waals surface area contributed by atoms with Crippen LogP contribution in [-0.2, 0) is 0 Å². The maximum absolute atomic E-state index is 14.3. The lowest BCUT2D eigenvalue weighted by molar-refractivity contribution is 0.270. The van der Waals surface area contributed by atoms with Crippen LogP contribution in [0.3, 0.4) is 0 Å². The number of anilines is 1. The summed E-state index contributed by atoms with van der Waals surface area (Å²) in [6, 6.07) is 8.98. The highest BCUT2D eigenvalue weighted by atomic mass is 19.1. The van der Waals surface area contributed by atoms with Crippen LogP contribution < -0.4 is 4.90 Å². The predicted molar refractivity (Wildman–Crippen MR) is 78.4 cm³/mol. The molecule has 1 fully saturated rings. The zero-order chi connectivity index (χ0) is 13.9. The van der Waals surface area contributed by atoms with Gasteiger partial charge in [-0.1, -0.05) is 6.92 Å². The third-order valence-corrected chi connectivity index (χ3v) is 3.91. The van der Waals surface area contributed by atoms with Crippen LogP contribution in [0.25, 0.3) is 11.3 Å². The van der Waals surface area contributed by atoms with Gasteiger partial charge in [0.15, 0.2) is 0 Å². The molecule has 2 aromatic rings. The number of nitrogens with zero attached hydrogens (tertiary/aromatic N) is 2. The monoisotopic (exact) mass is 274 g/mol. The van der Waals surface area contributed by atoms with Gasteiger partial charge >= 0.3 is 0 Å². The van der Waals surface area contributed by atoms with Crippen molar-refractivity contribution in [2.45, 2.75) is 6.92 Å². The summed E-state index contributed by atoms with van der Waals surface area (Å²) < 4.78 is 19.6. The number of furan rings is 1. The van der Waals surface area contributed by atoms with Crippen molar-refractivity contribution in [1.29, 1.82) is 0 Å². The summed E-state index contributed by atoms with van der Waals surface area (Å²) in [4.78, 5) is 4.50. The molecule has 3 nitrogen and oxygen atoms in total. The molecule has 2 heterocycles. The Bertz CT molecular complexity index is 560. The van der Waals surface area contributed by atoms with Crippen molar-refractivity contribution in [2.75, 3.05) is 37.6 Å². The number of hydrogen-bond donors (Lipinski definition) is 0. The van der Waals surface area contributed by atoms with E-state index in [-0.39, 0.29) is 5.82 Å². The Hall–Kier alpha value is -1.81. The minimum absolute atomic E-state index is 0.177. The van der Waals surface area contributed by atoms with Crippen molar-refractivity contribution in [3.63, 3.8) is 0 Å². The van der Waals surface area contributed by atoms with E-state index in [0.717, 1.165) is 38.3 Å². The van der Waals surface area contributed by atoms with Gasteiger partial charge in [0.1, 0.15) is 11.6 Å². The fourth-order valence-corrected chi connectivity index (χ4v) is 2.66. The van der Waals surface area contributed by atoms with Crippen LogP contribution in [-0.4, -0.2) is 37.6 Å². The summed E-state index contributed by atoms with van der Waals surface area (Å²) in [5.74, 6) is 0.523. The van der Waals surface area contributed by atoms with Gasteiger partial charge in [-0.15, -0.1) is 0 Å². The van der Waals surface area contributed by atoms with Crippen molar-refractivity contribution in [2.24, 2.45) is 0 Å². The van der Waals surface area contributed by atoms with Crippen LogP contribution in [0.15, 0.2) is 41.0 Å². The maximum atomic E-state index is 14.3. The van der Waals surface area contributed by atoms with Crippen molar-refractivity contribution < 1.29 is 8.81 Å². The minimum atomic E-state index is -0.177. The molecule has 1 aromatic carbocycles. The van der Waals surface area contributed by atoms with E-state index in [4.69, 9.17) is 4.42 Å². The molecular weight excluding hydrogens is 255 g/mol. The zero-order valence-electron chi connectivity index (χ0n) is 11.7. The first-order valence-electron chi connectivity index (χ1n) is 7.08. The van der Waals surface area contributed by atoms with Crippen molar-refractivity contribution in [3.05, 3.63) is 42.4 Å². The van der Waals surface area contributed by atoms with Crippen LogP contribution in [0, 0.1) is 5.82 Å². The van der Waals surface area contributed by atoms with E-state index in [1.807, 2.05) is 24.3 Å². The predicted octanol–water partition coefficient (Wildman–Crippen LogP) is 3.23. The summed E-state index contributed by atoms with van der Waals surface area (Å²) in [5, 5.41) is 0. The first-order valence-corrected chi connectivity index (χ1v) is 7.08. The first kappa shape index (κ1) is 13.2. The molecule has 20 heavy (non-hydrogen) atoms. The highest BCUT2D eigenvalue weighted by Crippen LogP contribution is 2.27. The molecule has 1 saturated heterocycles. The Kier molecular flexibility index (Phi) is 3.74. The second-order valence-corrected chi connectivity index (χ2v) is 5.06. The Morgan fingerprint density at radius 3 is 2.55 bits per heavy atom. The van der Waals surface area contributed by atoms with Crippen LogP contribution in [0.2, 0.25) is 0 Å². The average molecular weight is 274 g/mol. The third-order valence-electron chi connectivity index (χ3n) is 3.91. The van der Waals surface area contributed by atoms with E-state index < -0.39 is 0 Å². The van der Waals surface area contributed by atoms with Gasteiger partial charge in [0.25, 0.3) is 0 Å². The van der Waals surface area contributed by atoms with Gasteiger partial charge in [0.2, 0.25) is 0 Å². The number of benzene rings is 1. The molecule has 0 atom stereocenters. The van der Waals surface area contributed by atoms with E-state index in [1.54, 1.807) is 12.3 Å². The number of halogens is 1. The van der Waals surface area contributed by atoms with E-state index >= 15 is 0 Å². The Morgan fingerprint density at radius 1 is 1.15 bits per heavy atom. The van der Waals surface area contributed by atoms with Crippen LogP contribution in [0.4, 0.5) is 10.1 Å². The Balaban J connectivity index is 1.78. The first-order chi connectivity index (χ1) is 9.78. The largest absolute Gasteiger partial charge is 0.464 e. The van der Waals surface area contributed by atoms with E-state index in [1.165, 1.54) is 0 Å². The molecule has 0 saturated carbocycles. The molecule has 1 aliphatic heterocycles. The van der Waals surface area contributed by atoms with Gasteiger partial charge in [0, 0.05) is 31.7 Å². The second kappa shape index (κ2) is 5.67. The van der Waals surface area contributed by atoms with Gasteiger partial charge < -0.3 is 14.2 Å². The highest BCUT2D eigenvalue weighted by molar-refractivity contribution is 5.62. The summed E-state index contributed by atoms with van der Waals surface area (Å²) >= 11 is 0. The molecule has 0 radical (unpaired) electrons. The maximum Gasteiger partial charge on any atom is 0.147 e. The normalized spacial score (nSPS) is 16.6. The van der Waals surface area contributed by atoms with Gasteiger partial charge in [-0.25, -0.2) is 4.39 Å². The molecule has 0 bridgehead atoms. The number of piperazine rings is 1. The number of likely N-dealkylation sites (N-methyl/N-ethyl adjacent to an activating group) is 1. The molecule has 0 aliphatic carbocycles. The number of rotatable bonds is 3. The van der Waals surface area contributed by atoms with E-state index in [9.17, 15) is 4.39 Å². The summed E-state index contributed by atoms with van der Waals surface area (Å²) in [6.07, 6.45) is 1.60. The lowest BCUT2D eigenvalue weighted by atomic mass is 10.1. The number of hydrogen-bond acceptors (Lipinski definition) is 3.